The van der Waals surface area contributed by atoms with Crippen LogP contribution in [0.3, 0.4) is 0 Å². The smallest absolute Gasteiger partial charge is 0.339 e. The second-order valence-corrected chi connectivity index (χ2v) is 12.0. The second-order valence-electron chi connectivity index (χ2n) is 10.8. The van der Waals surface area contributed by atoms with E-state index in [0.717, 1.165) is 22.6 Å². The van der Waals surface area contributed by atoms with E-state index in [9.17, 15) is 39.3 Å². The fourth-order valence-electron chi connectivity index (χ4n) is 6.77. The molecule has 1 fully saturated rings. The molecule has 3 N–H and O–H groups in total. The summed E-state index contributed by atoms with van der Waals surface area (Å²) < 4.78 is 5.85. The van der Waals surface area contributed by atoms with Gasteiger partial charge in [0.05, 0.1) is 28.2 Å². The number of phenolic OH excluding ortho intramolecular Hbond substituents is 1. The molecule has 2 aromatic rings. The van der Waals surface area contributed by atoms with E-state index in [2.05, 4.69) is 0 Å². The summed E-state index contributed by atoms with van der Waals surface area (Å²) in [7, 11) is 1.41. The number of amides is 2. The van der Waals surface area contributed by atoms with Crippen LogP contribution in [0.25, 0.3) is 0 Å². The average Bonchev–Trinajstić information content (AvgIpc) is 3.21. The number of allylic oxidation sites excluding steroid dienone is 6. The first-order valence-corrected chi connectivity index (χ1v) is 14.2. The van der Waals surface area contributed by atoms with Gasteiger partial charge in [-0.3, -0.25) is 19.2 Å². The van der Waals surface area contributed by atoms with Gasteiger partial charge in [-0.1, -0.05) is 11.6 Å². The fourth-order valence-corrected chi connectivity index (χ4v) is 7.40. The number of anilines is 1. The van der Waals surface area contributed by atoms with Crippen molar-refractivity contribution >= 4 is 57.6 Å². The number of rotatable bonds is 4. The number of methoxy groups -OCH3 is 1. The third kappa shape index (κ3) is 4.01. The van der Waals surface area contributed by atoms with Crippen LogP contribution >= 0.6 is 22.6 Å². The molecule has 0 spiro atoms. The number of benzene rings is 2. The number of carboxylic acids is 1. The highest BCUT2D eigenvalue weighted by atomic mass is 127. The number of aromatic hydroxyl groups is 2. The van der Waals surface area contributed by atoms with Crippen molar-refractivity contribution in [1.82, 2.24) is 0 Å². The molecular formula is C31H24INO9. The van der Waals surface area contributed by atoms with E-state index in [-0.39, 0.29) is 47.2 Å². The van der Waals surface area contributed by atoms with Crippen molar-refractivity contribution in [2.75, 3.05) is 12.0 Å². The molecule has 0 aromatic heterocycles. The first-order valence-electron chi connectivity index (χ1n) is 13.1. The van der Waals surface area contributed by atoms with Gasteiger partial charge < -0.3 is 20.1 Å². The topological polar surface area (TPSA) is 159 Å². The molecule has 214 valence electrons. The van der Waals surface area contributed by atoms with E-state index < -0.39 is 47.2 Å². The minimum atomic E-state index is -1.35. The van der Waals surface area contributed by atoms with Crippen molar-refractivity contribution in [3.05, 3.63) is 79.5 Å². The normalized spacial score (nSPS) is 25.1. The summed E-state index contributed by atoms with van der Waals surface area (Å²) in [5.74, 6) is -6.28. The van der Waals surface area contributed by atoms with Crippen LogP contribution in [0.2, 0.25) is 0 Å². The van der Waals surface area contributed by atoms with E-state index in [1.165, 1.54) is 19.3 Å². The van der Waals surface area contributed by atoms with E-state index in [1.807, 2.05) is 28.7 Å². The summed E-state index contributed by atoms with van der Waals surface area (Å²) in [5, 5.41) is 30.0. The molecule has 42 heavy (non-hydrogen) atoms. The first kappa shape index (κ1) is 27.9. The SMILES string of the molecule is COc1cc([C@H]2C3=CC[C@@H]4C(=O)N(c5ccc(C(=O)O)c(O)c5)C(=O)[C@@H]4[C@@H]3CC3=C2C(=O)C=C(C)C3=O)cc(I)c1O. The van der Waals surface area contributed by atoms with Crippen molar-refractivity contribution in [2.45, 2.75) is 25.7 Å². The van der Waals surface area contributed by atoms with Crippen molar-refractivity contribution in [3.8, 4) is 17.2 Å². The van der Waals surface area contributed by atoms with Crippen LogP contribution < -0.4 is 9.64 Å². The average molecular weight is 681 g/mol. The Morgan fingerprint density at radius 2 is 1.79 bits per heavy atom. The van der Waals surface area contributed by atoms with Gasteiger partial charge in [0.1, 0.15) is 11.3 Å². The fraction of sp³-hybridized carbons (Fsp3) is 0.258. The molecular weight excluding hydrogens is 657 g/mol. The molecule has 1 heterocycles. The summed E-state index contributed by atoms with van der Waals surface area (Å²) in [5.41, 5.74) is 1.94. The minimum absolute atomic E-state index is 0.0521. The Balaban J connectivity index is 1.48. The number of nitrogens with zero attached hydrogens (tertiary/aromatic N) is 1. The lowest BCUT2D eigenvalue weighted by atomic mass is 9.59. The molecule has 2 aromatic carbocycles. The van der Waals surface area contributed by atoms with Crippen LogP contribution in [0.4, 0.5) is 5.69 Å². The maximum atomic E-state index is 14.0. The van der Waals surface area contributed by atoms with Gasteiger partial charge >= 0.3 is 5.97 Å². The Kier molecular flexibility index (Phi) is 6.59. The number of fused-ring (bicyclic) bond motifs is 3. The highest BCUT2D eigenvalue weighted by molar-refractivity contribution is 14.1. The highest BCUT2D eigenvalue weighted by Crippen LogP contribution is 2.56. The van der Waals surface area contributed by atoms with Gasteiger partial charge in [-0.25, -0.2) is 9.69 Å². The molecule has 10 nitrogen and oxygen atoms in total. The third-order valence-corrected chi connectivity index (χ3v) is 9.46. The standard InChI is InChI=1S/C31H24INO9/c1-12-7-22(35)26-19(27(12)36)11-18-15(24(26)13-8-20(32)28(37)23(9-13)42-2)5-6-17-25(18)30(39)33(29(17)38)14-3-4-16(31(40)41)21(34)10-14/h3-5,7-10,17-18,24-25,34,37H,6,11H2,1-2H3,(H,40,41)/t17-,18+,24-,25-/m0/s1. The zero-order valence-corrected chi connectivity index (χ0v) is 24.5. The predicted octanol–water partition coefficient (Wildman–Crippen LogP) is 4.04. The van der Waals surface area contributed by atoms with Gasteiger partial charge in [0.15, 0.2) is 23.1 Å². The maximum absolute atomic E-state index is 14.0. The number of phenols is 2. The molecule has 0 bridgehead atoms. The van der Waals surface area contributed by atoms with Crippen molar-refractivity contribution in [1.29, 1.82) is 0 Å². The summed E-state index contributed by atoms with van der Waals surface area (Å²) >= 11 is 1.96. The van der Waals surface area contributed by atoms with Crippen LogP contribution in [0.15, 0.2) is 64.8 Å². The summed E-state index contributed by atoms with van der Waals surface area (Å²) in [6.45, 7) is 1.57. The van der Waals surface area contributed by atoms with Crippen molar-refractivity contribution in [3.63, 3.8) is 0 Å². The number of carbonyl (C=O) groups excluding carboxylic acids is 4. The van der Waals surface area contributed by atoms with E-state index >= 15 is 0 Å². The molecule has 0 radical (unpaired) electrons. The van der Waals surface area contributed by atoms with Crippen LogP contribution in [-0.2, 0) is 19.2 Å². The Morgan fingerprint density at radius 1 is 1.05 bits per heavy atom. The first-order chi connectivity index (χ1) is 19.9. The zero-order valence-electron chi connectivity index (χ0n) is 22.4. The van der Waals surface area contributed by atoms with Gasteiger partial charge in [0, 0.05) is 28.7 Å². The van der Waals surface area contributed by atoms with Gasteiger partial charge in [0.25, 0.3) is 0 Å². The quantitative estimate of drug-likeness (QED) is 0.188. The lowest BCUT2D eigenvalue weighted by Gasteiger charge is -2.42. The Bertz CT molecular complexity index is 1750. The van der Waals surface area contributed by atoms with E-state index in [1.54, 1.807) is 19.1 Å². The molecule has 11 heteroatoms. The number of imide groups is 1. The number of aromatic carboxylic acids is 1. The largest absolute Gasteiger partial charge is 0.507 e. The van der Waals surface area contributed by atoms with E-state index in [4.69, 9.17) is 4.74 Å². The van der Waals surface area contributed by atoms with Crippen LogP contribution in [0, 0.1) is 21.3 Å². The minimum Gasteiger partial charge on any atom is -0.507 e. The zero-order chi connectivity index (χ0) is 30.2. The Labute approximate surface area is 253 Å². The van der Waals surface area contributed by atoms with Gasteiger partial charge in [0.2, 0.25) is 11.8 Å². The number of ketones is 2. The van der Waals surface area contributed by atoms with Crippen LogP contribution in [0.1, 0.15) is 41.6 Å². The molecule has 6 rings (SSSR count). The van der Waals surface area contributed by atoms with Gasteiger partial charge in [-0.15, -0.1) is 0 Å². The molecule has 1 saturated heterocycles. The number of carboxylic acid groups (broad SMARTS) is 1. The van der Waals surface area contributed by atoms with Gasteiger partial charge in [-0.2, -0.15) is 0 Å². The van der Waals surface area contributed by atoms with Crippen LogP contribution in [0.5, 0.6) is 17.2 Å². The molecule has 0 unspecified atom stereocenters. The number of hydrogen-bond acceptors (Lipinski definition) is 8. The summed E-state index contributed by atoms with van der Waals surface area (Å²) in [6.07, 6.45) is 3.49. The number of halogens is 1. The predicted molar refractivity (Wildman–Crippen MR) is 156 cm³/mol. The monoisotopic (exact) mass is 681 g/mol. The van der Waals surface area contributed by atoms with Crippen LogP contribution in [-0.4, -0.2) is 51.8 Å². The van der Waals surface area contributed by atoms with Crippen molar-refractivity contribution < 1.29 is 44.0 Å². The van der Waals surface area contributed by atoms with E-state index in [0.29, 0.717) is 25.9 Å². The number of hydrogen-bond donors (Lipinski definition) is 3. The third-order valence-electron chi connectivity index (χ3n) is 8.64. The lowest BCUT2D eigenvalue weighted by Crippen LogP contribution is -2.39. The highest BCUT2D eigenvalue weighted by Gasteiger charge is 2.56. The molecule has 2 amide bonds. The maximum Gasteiger partial charge on any atom is 0.339 e. The second kappa shape index (κ2) is 9.93. The number of ether oxygens (including phenoxy) is 1. The molecule has 4 atom stereocenters. The number of Topliss-reactive ketones (excluding diaryl/α,β-unsaturated/α-hetero) is 1. The number of carbonyl (C=O) groups is 5. The van der Waals surface area contributed by atoms with Gasteiger partial charge in [-0.05, 0) is 84.2 Å². The molecule has 4 aliphatic rings. The lowest BCUT2D eigenvalue weighted by molar-refractivity contribution is -0.123. The molecule has 0 saturated carbocycles. The molecule has 3 aliphatic carbocycles. The Morgan fingerprint density at radius 3 is 2.45 bits per heavy atom. The summed E-state index contributed by atoms with van der Waals surface area (Å²) in [6, 6.07) is 6.85. The molecule has 1 aliphatic heterocycles. The van der Waals surface area contributed by atoms with Crippen molar-refractivity contribution in [2.24, 2.45) is 17.8 Å². The summed E-state index contributed by atoms with van der Waals surface area (Å²) in [4.78, 5) is 66.8. The Hall–Kier alpha value is -4.26.